The molecular formula is C59H63N3O. The van der Waals surface area contributed by atoms with Crippen LogP contribution in [0.25, 0.3) is 72.7 Å². The summed E-state index contributed by atoms with van der Waals surface area (Å²) in [4.78, 5) is 9.89. The van der Waals surface area contributed by atoms with E-state index >= 15 is 0 Å². The summed E-state index contributed by atoms with van der Waals surface area (Å²) < 4.78 is 141. The number of fused-ring (bicyclic) bond motifs is 1. The molecule has 4 nitrogen and oxygen atoms in total. The Morgan fingerprint density at radius 3 is 1.92 bits per heavy atom. The summed E-state index contributed by atoms with van der Waals surface area (Å²) in [6.45, 7) is 8.75. The minimum atomic E-state index is -3.92. The van der Waals surface area contributed by atoms with Gasteiger partial charge in [0.1, 0.15) is 11.6 Å². The molecular weight excluding hydrogens is 767 g/mol. The van der Waals surface area contributed by atoms with E-state index in [1.807, 2.05) is 103 Å². The van der Waals surface area contributed by atoms with E-state index in [0.717, 1.165) is 39.1 Å². The Balaban J connectivity index is 1.45. The number of nitrogens with zero attached hydrogens (tertiary/aromatic N) is 3. The summed E-state index contributed by atoms with van der Waals surface area (Å²) in [5, 5.41) is 12.4. The van der Waals surface area contributed by atoms with Crippen molar-refractivity contribution in [3.8, 4) is 67.5 Å². The molecule has 0 spiro atoms. The van der Waals surface area contributed by atoms with E-state index in [-0.39, 0.29) is 22.4 Å². The first-order valence-corrected chi connectivity index (χ1v) is 21.1. The molecule has 4 heteroatoms. The van der Waals surface area contributed by atoms with Crippen molar-refractivity contribution >= 4 is 11.0 Å². The van der Waals surface area contributed by atoms with E-state index in [4.69, 9.17) is 22.8 Å². The monoisotopic (exact) mass is 846 g/mol. The van der Waals surface area contributed by atoms with Gasteiger partial charge in [0, 0.05) is 40.8 Å². The Bertz CT molecular complexity index is 3670. The third-order valence-corrected chi connectivity index (χ3v) is 11.4. The third-order valence-electron chi connectivity index (χ3n) is 11.4. The molecule has 320 valence electrons. The summed E-state index contributed by atoms with van der Waals surface area (Å²) in [5.74, 6) is 0.545. The molecule has 0 fully saturated rings. The lowest BCUT2D eigenvalue weighted by atomic mass is 9.83. The largest absolute Gasteiger partial charge is 0.507 e. The van der Waals surface area contributed by atoms with Gasteiger partial charge in [-0.15, -0.1) is 0 Å². The summed E-state index contributed by atoms with van der Waals surface area (Å²) in [5.41, 5.74) is 1.31. The second kappa shape index (κ2) is 15.8. The maximum absolute atomic E-state index is 12.4. The quantitative estimate of drug-likeness (QED) is 0.181. The second-order valence-corrected chi connectivity index (χ2v) is 19.5. The lowest BCUT2D eigenvalue weighted by Gasteiger charge is -2.24. The molecule has 0 amide bonds. The Labute approximate surface area is 398 Å². The van der Waals surface area contributed by atoms with Gasteiger partial charge in [-0.25, -0.2) is 4.98 Å². The van der Waals surface area contributed by atoms with Crippen molar-refractivity contribution < 1.29 is 27.0 Å². The van der Waals surface area contributed by atoms with Crippen LogP contribution in [0.1, 0.15) is 133 Å². The molecule has 0 unspecified atom stereocenters. The standard InChI is InChI=1S/C59H63N3O/c1-37-30-48(54(63)49(31-37)59(11,12)13)55-61-53-46(20-17-21-52(53)62(55)51-27-26-44(57(5,6)7)36-47(51)39-18-15-14-16-19-39)41-32-42(34-45(33-41)58(8,9)10)50-35-40(28-29-60-50)38-22-24-43(25-23-38)56(2,3)4/h14-36,63H,1-13H3/i2D3,3D3,4D3,22D,23D,24D,25D,28D,29D,35D. The number of phenols is 1. The predicted molar refractivity (Wildman–Crippen MR) is 267 cm³/mol. The highest BCUT2D eigenvalue weighted by Gasteiger charge is 2.28. The van der Waals surface area contributed by atoms with Crippen molar-refractivity contribution in [3.05, 3.63) is 167 Å². The van der Waals surface area contributed by atoms with Crippen molar-refractivity contribution in [2.24, 2.45) is 0 Å². The Morgan fingerprint density at radius 2 is 1.25 bits per heavy atom. The normalized spacial score (nSPS) is 16.9. The summed E-state index contributed by atoms with van der Waals surface area (Å²) in [6, 6.07) is 25.4. The van der Waals surface area contributed by atoms with Gasteiger partial charge in [-0.1, -0.05) is 168 Å². The lowest BCUT2D eigenvalue weighted by molar-refractivity contribution is 0.448. The average Bonchev–Trinajstić information content (AvgIpc) is 3.20. The molecule has 8 aromatic rings. The number of rotatable bonds is 6. The highest BCUT2D eigenvalue weighted by Crippen LogP contribution is 2.45. The minimum Gasteiger partial charge on any atom is -0.507 e. The maximum atomic E-state index is 12.4. The van der Waals surface area contributed by atoms with Gasteiger partial charge < -0.3 is 5.11 Å². The van der Waals surface area contributed by atoms with Crippen LogP contribution in [0.5, 0.6) is 5.75 Å². The van der Waals surface area contributed by atoms with Gasteiger partial charge in [-0.3, -0.25) is 9.55 Å². The Hall–Kier alpha value is -6.26. The lowest BCUT2D eigenvalue weighted by Crippen LogP contribution is -2.13. The van der Waals surface area contributed by atoms with Crippen molar-refractivity contribution in [2.75, 3.05) is 0 Å². The fraction of sp³-hybridized carbons (Fsp3) is 0.288. The highest BCUT2D eigenvalue weighted by molar-refractivity contribution is 5.98. The second-order valence-electron chi connectivity index (χ2n) is 19.5. The van der Waals surface area contributed by atoms with Gasteiger partial charge in [-0.05, 0) is 122 Å². The van der Waals surface area contributed by atoms with Crippen LogP contribution in [0.4, 0.5) is 0 Å². The van der Waals surface area contributed by atoms with Crippen molar-refractivity contribution in [3.63, 3.8) is 0 Å². The summed E-state index contributed by atoms with van der Waals surface area (Å²) in [6.07, 6.45) is -0.726. The molecule has 0 aliphatic rings. The molecule has 0 saturated carbocycles. The number of phenolic OH excluding ortho intramolecular Hbond substituents is 1. The maximum Gasteiger partial charge on any atom is 0.149 e. The van der Waals surface area contributed by atoms with Crippen molar-refractivity contribution in [1.29, 1.82) is 0 Å². The van der Waals surface area contributed by atoms with Crippen molar-refractivity contribution in [1.82, 2.24) is 14.5 Å². The molecule has 0 aliphatic heterocycles. The topological polar surface area (TPSA) is 50.9 Å². The van der Waals surface area contributed by atoms with Crippen molar-refractivity contribution in [2.45, 2.75) is 111 Å². The molecule has 1 N–H and O–H groups in total. The van der Waals surface area contributed by atoms with E-state index in [0.29, 0.717) is 33.5 Å². The van der Waals surface area contributed by atoms with Crippen LogP contribution < -0.4 is 0 Å². The molecule has 0 radical (unpaired) electrons. The Kier molecular flexibility index (Phi) is 6.96. The number of benzene rings is 6. The molecule has 63 heavy (non-hydrogen) atoms. The molecule has 0 atom stereocenters. The average molecular weight is 846 g/mol. The van der Waals surface area contributed by atoms with E-state index in [1.165, 1.54) is 0 Å². The molecule has 2 aromatic heterocycles. The molecule has 0 bridgehead atoms. The Morgan fingerprint density at radius 1 is 0.556 bits per heavy atom. The smallest absolute Gasteiger partial charge is 0.149 e. The number of aromatic hydroxyl groups is 1. The summed E-state index contributed by atoms with van der Waals surface area (Å²) in [7, 11) is 0. The van der Waals surface area contributed by atoms with E-state index in [1.54, 1.807) is 12.1 Å². The molecule has 8 rings (SSSR count). The van der Waals surface area contributed by atoms with Crippen LogP contribution in [0.2, 0.25) is 0 Å². The van der Waals surface area contributed by atoms with E-state index in [9.17, 15) is 9.22 Å². The predicted octanol–water partition coefficient (Wildman–Crippen LogP) is 16.0. The molecule has 2 heterocycles. The van der Waals surface area contributed by atoms with Gasteiger partial charge in [0.25, 0.3) is 0 Å². The SMILES string of the molecule is [2H]c1nc(-c2cc(-c3cccc4c3nc(-c3cc(C)cc(C(C)(C)C)c3O)n4-c3ccc(C(C)(C)C)cc3-c3ccccc3)cc(C(C)(C)C)c2)c([2H])c(-c2c([2H])c([2H])c(C(C([2H])([2H])[2H])(C([2H])([2H])[2H])C([2H])([2H])[2H])c([2H])c2[2H])c1[2H]. The third kappa shape index (κ3) is 8.61. The van der Waals surface area contributed by atoms with Gasteiger partial charge in [0.05, 0.1) is 37.6 Å². The van der Waals surface area contributed by atoms with Gasteiger partial charge in [0.2, 0.25) is 0 Å². The number of aryl methyl sites for hydroxylation is 1. The summed E-state index contributed by atoms with van der Waals surface area (Å²) >= 11 is 0. The van der Waals surface area contributed by atoms with Crippen LogP contribution in [0.15, 0.2) is 139 Å². The first-order chi connectivity index (χ1) is 36.2. The first-order valence-electron chi connectivity index (χ1n) is 29.1. The number of hydrogen-bond donors (Lipinski definition) is 1. The number of pyridine rings is 1. The van der Waals surface area contributed by atoms with Crippen LogP contribution in [-0.4, -0.2) is 19.6 Å². The van der Waals surface area contributed by atoms with Crippen LogP contribution >= 0.6 is 0 Å². The van der Waals surface area contributed by atoms with E-state index in [2.05, 4.69) is 60.7 Å². The van der Waals surface area contributed by atoms with Crippen LogP contribution in [-0.2, 0) is 21.7 Å². The van der Waals surface area contributed by atoms with Gasteiger partial charge >= 0.3 is 0 Å². The fourth-order valence-electron chi connectivity index (χ4n) is 7.88. The molecule has 6 aromatic carbocycles. The molecule has 0 saturated heterocycles. The van der Waals surface area contributed by atoms with E-state index < -0.39 is 95.9 Å². The van der Waals surface area contributed by atoms with Gasteiger partial charge in [-0.2, -0.15) is 0 Å². The zero-order chi connectivity index (χ0) is 58.8. The number of imidazole rings is 1. The van der Waals surface area contributed by atoms with Gasteiger partial charge in [0.15, 0.2) is 0 Å². The number of aromatic nitrogens is 3. The number of para-hydroxylation sites is 1. The zero-order valence-electron chi connectivity index (χ0n) is 53.5. The minimum absolute atomic E-state index is 0.0808. The van der Waals surface area contributed by atoms with Crippen LogP contribution in [0, 0.1) is 6.92 Å². The highest BCUT2D eigenvalue weighted by atomic mass is 16.3. The molecule has 0 aliphatic carbocycles. The first kappa shape index (κ1) is 27.7. The number of hydrogen-bond acceptors (Lipinski definition) is 3. The fourth-order valence-corrected chi connectivity index (χ4v) is 7.88. The zero-order valence-corrected chi connectivity index (χ0v) is 37.5. The van der Waals surface area contributed by atoms with Crippen LogP contribution in [0.3, 0.4) is 0 Å².